The van der Waals surface area contributed by atoms with Crippen LogP contribution in [-0.4, -0.2) is 20.6 Å². The summed E-state index contributed by atoms with van der Waals surface area (Å²) < 4.78 is 2.22. The molecule has 0 unspecified atom stereocenters. The van der Waals surface area contributed by atoms with Crippen molar-refractivity contribution in [3.05, 3.63) is 65.4 Å². The molecule has 1 aliphatic rings. The van der Waals surface area contributed by atoms with Crippen LogP contribution in [0.5, 0.6) is 0 Å². The van der Waals surface area contributed by atoms with Gasteiger partial charge in [-0.25, -0.2) is 0 Å². The van der Waals surface area contributed by atoms with Gasteiger partial charge in [0.1, 0.15) is 0 Å². The van der Waals surface area contributed by atoms with Crippen LogP contribution in [0.1, 0.15) is 42.4 Å². The van der Waals surface area contributed by atoms with Crippen LogP contribution < -0.4 is 5.32 Å². The molecule has 1 saturated carbocycles. The summed E-state index contributed by atoms with van der Waals surface area (Å²) in [6, 6.07) is 15.6. The summed E-state index contributed by atoms with van der Waals surface area (Å²) in [7, 11) is 2.12. The van der Waals surface area contributed by atoms with E-state index in [1.165, 1.54) is 53.3 Å². The Bertz CT molecular complexity index is 998. The Kier molecular flexibility index (Phi) is 5.40. The smallest absolute Gasteiger partial charge is 0.173 e. The third kappa shape index (κ3) is 3.79. The maximum Gasteiger partial charge on any atom is 0.173 e. The number of rotatable bonds is 4. The molecule has 0 spiro atoms. The van der Waals surface area contributed by atoms with Crippen molar-refractivity contribution in [3.63, 3.8) is 0 Å². The summed E-state index contributed by atoms with van der Waals surface area (Å²) in [6.45, 7) is 5.12. The fourth-order valence-corrected chi connectivity index (χ4v) is 4.78. The van der Waals surface area contributed by atoms with Crippen LogP contribution in [0.15, 0.2) is 48.7 Å². The molecule has 0 atom stereocenters. The molecule has 0 amide bonds. The fraction of sp³-hybridized carbons (Fsp3) is 0.375. The average Bonchev–Trinajstić information content (AvgIpc) is 3.31. The van der Waals surface area contributed by atoms with Crippen molar-refractivity contribution in [1.82, 2.24) is 9.47 Å². The van der Waals surface area contributed by atoms with Crippen molar-refractivity contribution in [2.75, 3.05) is 5.32 Å². The van der Waals surface area contributed by atoms with Gasteiger partial charge in [-0.1, -0.05) is 48.7 Å². The second-order valence-corrected chi connectivity index (χ2v) is 8.48. The minimum Gasteiger partial charge on any atom is -0.350 e. The number of nitrogens with one attached hydrogen (secondary N) is 1. The van der Waals surface area contributed by atoms with E-state index in [1.54, 1.807) is 0 Å². The molecule has 2 aromatic carbocycles. The number of benzene rings is 2. The highest BCUT2D eigenvalue weighted by atomic mass is 32.1. The summed E-state index contributed by atoms with van der Waals surface area (Å²) in [4.78, 5) is 2.42. The van der Waals surface area contributed by atoms with Gasteiger partial charge in [0, 0.05) is 42.4 Å². The number of fused-ring (bicyclic) bond motifs is 1. The van der Waals surface area contributed by atoms with Crippen LogP contribution in [0.3, 0.4) is 0 Å². The van der Waals surface area contributed by atoms with Crippen LogP contribution in [0.25, 0.3) is 10.9 Å². The Labute approximate surface area is 173 Å². The predicted octanol–water partition coefficient (Wildman–Crippen LogP) is 5.94. The lowest BCUT2D eigenvalue weighted by Gasteiger charge is -2.32. The molecule has 3 aromatic rings. The first-order valence-corrected chi connectivity index (χ1v) is 10.6. The van der Waals surface area contributed by atoms with Gasteiger partial charge in [-0.15, -0.1) is 0 Å². The zero-order valence-electron chi connectivity index (χ0n) is 17.0. The normalized spacial score (nSPS) is 14.5. The molecule has 1 aliphatic carbocycles. The molecule has 146 valence electrons. The SMILES string of the molecule is Cc1ccc(NC(=S)N(Cc2cn(C)c3ccccc23)C2CCCC2)c(C)c1. The number of hydrogen-bond donors (Lipinski definition) is 1. The first kappa shape index (κ1) is 19.0. The molecular weight excluding hydrogens is 362 g/mol. The van der Waals surface area contributed by atoms with Crippen molar-refractivity contribution in [3.8, 4) is 0 Å². The van der Waals surface area contributed by atoms with Gasteiger partial charge in [-0.3, -0.25) is 0 Å². The number of nitrogens with zero attached hydrogens (tertiary/aromatic N) is 2. The Morgan fingerprint density at radius 2 is 1.89 bits per heavy atom. The van der Waals surface area contributed by atoms with E-state index in [2.05, 4.69) is 84.3 Å². The molecule has 3 nitrogen and oxygen atoms in total. The molecule has 1 heterocycles. The molecule has 0 aliphatic heterocycles. The zero-order valence-corrected chi connectivity index (χ0v) is 17.9. The van der Waals surface area contributed by atoms with E-state index in [4.69, 9.17) is 12.2 Å². The van der Waals surface area contributed by atoms with E-state index in [0.29, 0.717) is 6.04 Å². The molecule has 1 aromatic heterocycles. The van der Waals surface area contributed by atoms with Gasteiger partial charge < -0.3 is 14.8 Å². The number of aryl methyl sites for hydroxylation is 3. The van der Waals surface area contributed by atoms with Gasteiger partial charge in [0.15, 0.2) is 5.11 Å². The molecule has 28 heavy (non-hydrogen) atoms. The molecule has 0 radical (unpaired) electrons. The maximum absolute atomic E-state index is 5.92. The van der Waals surface area contributed by atoms with Crippen molar-refractivity contribution < 1.29 is 0 Å². The van der Waals surface area contributed by atoms with Crippen LogP contribution in [0, 0.1) is 13.8 Å². The monoisotopic (exact) mass is 391 g/mol. The summed E-state index contributed by atoms with van der Waals surface area (Å²) in [6.07, 6.45) is 7.29. The minimum absolute atomic E-state index is 0.518. The lowest BCUT2D eigenvalue weighted by atomic mass is 10.1. The van der Waals surface area contributed by atoms with Gasteiger partial charge in [0.25, 0.3) is 0 Å². The lowest BCUT2D eigenvalue weighted by Crippen LogP contribution is -2.41. The summed E-state index contributed by atoms with van der Waals surface area (Å²) in [5, 5.41) is 5.70. The zero-order chi connectivity index (χ0) is 19.7. The predicted molar refractivity (Wildman–Crippen MR) is 123 cm³/mol. The standard InChI is InChI=1S/C24H29N3S/c1-17-12-13-22(18(2)14-17)25-24(28)27(20-8-4-5-9-20)16-19-15-26(3)23-11-7-6-10-21(19)23/h6-7,10-15,20H,4-5,8-9,16H2,1-3H3,(H,25,28). The molecule has 0 bridgehead atoms. The summed E-state index contributed by atoms with van der Waals surface area (Å²) >= 11 is 5.92. The van der Waals surface area contributed by atoms with E-state index in [9.17, 15) is 0 Å². The van der Waals surface area contributed by atoms with E-state index >= 15 is 0 Å². The van der Waals surface area contributed by atoms with Crippen molar-refractivity contribution >= 4 is 33.9 Å². The van der Waals surface area contributed by atoms with E-state index < -0.39 is 0 Å². The van der Waals surface area contributed by atoms with Gasteiger partial charge in [0.2, 0.25) is 0 Å². The highest BCUT2D eigenvalue weighted by molar-refractivity contribution is 7.80. The highest BCUT2D eigenvalue weighted by Gasteiger charge is 2.26. The first-order valence-electron chi connectivity index (χ1n) is 10.2. The molecular formula is C24H29N3S. The number of hydrogen-bond acceptors (Lipinski definition) is 1. The van der Waals surface area contributed by atoms with Crippen molar-refractivity contribution in [2.45, 2.75) is 52.1 Å². The largest absolute Gasteiger partial charge is 0.350 e. The molecule has 4 rings (SSSR count). The third-order valence-corrected chi connectivity index (χ3v) is 6.31. The lowest BCUT2D eigenvalue weighted by molar-refractivity contribution is 0.313. The van der Waals surface area contributed by atoms with Crippen molar-refractivity contribution in [2.24, 2.45) is 7.05 Å². The summed E-state index contributed by atoms with van der Waals surface area (Å²) in [5.74, 6) is 0. The Balaban J connectivity index is 1.62. The van der Waals surface area contributed by atoms with Gasteiger partial charge >= 0.3 is 0 Å². The first-order chi connectivity index (χ1) is 13.5. The minimum atomic E-state index is 0.518. The second kappa shape index (κ2) is 7.96. The van der Waals surface area contributed by atoms with Gasteiger partial charge in [-0.05, 0) is 62.2 Å². The molecule has 0 saturated heterocycles. The fourth-order valence-electron chi connectivity index (χ4n) is 4.46. The maximum atomic E-state index is 5.92. The number of para-hydroxylation sites is 1. The Morgan fingerprint density at radius 1 is 1.14 bits per heavy atom. The van der Waals surface area contributed by atoms with Crippen LogP contribution >= 0.6 is 12.2 Å². The quantitative estimate of drug-likeness (QED) is 0.556. The van der Waals surface area contributed by atoms with Crippen LogP contribution in [0.4, 0.5) is 5.69 Å². The summed E-state index contributed by atoms with van der Waals surface area (Å²) in [5.41, 5.74) is 6.24. The number of aromatic nitrogens is 1. The highest BCUT2D eigenvalue weighted by Crippen LogP contribution is 2.29. The van der Waals surface area contributed by atoms with Crippen LogP contribution in [0.2, 0.25) is 0 Å². The molecule has 1 fully saturated rings. The average molecular weight is 392 g/mol. The van der Waals surface area contributed by atoms with E-state index in [-0.39, 0.29) is 0 Å². The second-order valence-electron chi connectivity index (χ2n) is 8.10. The van der Waals surface area contributed by atoms with Crippen molar-refractivity contribution in [1.29, 1.82) is 0 Å². The third-order valence-electron chi connectivity index (χ3n) is 5.97. The Morgan fingerprint density at radius 3 is 2.64 bits per heavy atom. The number of anilines is 1. The Hall–Kier alpha value is -2.33. The van der Waals surface area contributed by atoms with E-state index in [1.807, 2.05) is 0 Å². The van der Waals surface area contributed by atoms with Gasteiger partial charge in [-0.2, -0.15) is 0 Å². The van der Waals surface area contributed by atoms with E-state index in [0.717, 1.165) is 17.3 Å². The number of thiocarbonyl (C=S) groups is 1. The van der Waals surface area contributed by atoms with Gasteiger partial charge in [0.05, 0.1) is 0 Å². The molecule has 1 N–H and O–H groups in total. The molecule has 4 heteroatoms. The topological polar surface area (TPSA) is 20.2 Å². The van der Waals surface area contributed by atoms with Crippen LogP contribution in [-0.2, 0) is 13.6 Å².